The van der Waals surface area contributed by atoms with Gasteiger partial charge in [-0.15, -0.1) is 0 Å². The van der Waals surface area contributed by atoms with E-state index in [2.05, 4.69) is 15.8 Å². The fraction of sp³-hybridized carbons (Fsp3) is 0.211. The van der Waals surface area contributed by atoms with E-state index in [4.69, 9.17) is 26.8 Å². The van der Waals surface area contributed by atoms with Crippen LogP contribution in [0.15, 0.2) is 47.6 Å². The molecule has 0 radical (unpaired) electrons. The molecule has 2 aromatic rings. The van der Waals surface area contributed by atoms with E-state index in [1.807, 2.05) is 0 Å². The lowest BCUT2D eigenvalue weighted by molar-refractivity contribution is -0.139. The SMILES string of the molecule is COc1cc(/C(C)=N\NC(=S)NCc2ccc(F)cc2)ccc1OCC(=O)O. The molecule has 0 bridgehead atoms. The number of carboxylic acids is 1. The standard InChI is InChI=1S/C19H20FN3O4S/c1-12(14-5-8-16(17(9-14)26-2)27-11-18(24)25)22-23-19(28)21-10-13-3-6-15(20)7-4-13/h3-9H,10-11H2,1-2H3,(H,24,25)(H2,21,23,28)/b22-12-. The summed E-state index contributed by atoms with van der Waals surface area (Å²) in [6, 6.07) is 11.1. The van der Waals surface area contributed by atoms with Crippen molar-refractivity contribution in [2.75, 3.05) is 13.7 Å². The number of methoxy groups -OCH3 is 1. The minimum atomic E-state index is -1.07. The Morgan fingerprint density at radius 2 is 1.93 bits per heavy atom. The molecule has 0 amide bonds. The molecule has 0 aliphatic carbocycles. The zero-order chi connectivity index (χ0) is 20.5. The molecular weight excluding hydrogens is 385 g/mol. The van der Waals surface area contributed by atoms with Crippen LogP contribution in [0, 0.1) is 5.82 Å². The fourth-order valence-corrected chi connectivity index (χ4v) is 2.29. The molecule has 9 heteroatoms. The van der Waals surface area contributed by atoms with Gasteiger partial charge in [-0.2, -0.15) is 5.10 Å². The number of benzene rings is 2. The molecule has 3 N–H and O–H groups in total. The van der Waals surface area contributed by atoms with Crippen LogP contribution in [0.1, 0.15) is 18.1 Å². The molecule has 28 heavy (non-hydrogen) atoms. The summed E-state index contributed by atoms with van der Waals surface area (Å²) in [5.41, 5.74) is 5.00. The molecule has 0 saturated heterocycles. The highest BCUT2D eigenvalue weighted by Crippen LogP contribution is 2.28. The van der Waals surface area contributed by atoms with Crippen molar-refractivity contribution in [3.8, 4) is 11.5 Å². The van der Waals surface area contributed by atoms with Crippen LogP contribution >= 0.6 is 12.2 Å². The molecular formula is C19H20FN3O4S. The van der Waals surface area contributed by atoms with Gasteiger partial charge in [-0.3, -0.25) is 5.43 Å². The maximum absolute atomic E-state index is 12.9. The zero-order valence-corrected chi connectivity index (χ0v) is 16.2. The smallest absolute Gasteiger partial charge is 0.341 e. The van der Waals surface area contributed by atoms with Gasteiger partial charge in [-0.25, -0.2) is 9.18 Å². The van der Waals surface area contributed by atoms with Crippen molar-refractivity contribution in [1.82, 2.24) is 10.7 Å². The molecule has 0 aliphatic heterocycles. The molecule has 0 atom stereocenters. The van der Waals surface area contributed by atoms with Crippen molar-refractivity contribution in [2.45, 2.75) is 13.5 Å². The minimum absolute atomic E-state index is 0.292. The number of rotatable bonds is 8. The van der Waals surface area contributed by atoms with Gasteiger partial charge < -0.3 is 19.9 Å². The van der Waals surface area contributed by atoms with Gasteiger partial charge in [0, 0.05) is 12.1 Å². The van der Waals surface area contributed by atoms with E-state index in [0.717, 1.165) is 11.1 Å². The number of carboxylic acid groups (broad SMARTS) is 1. The summed E-state index contributed by atoms with van der Waals surface area (Å²) in [6.07, 6.45) is 0. The van der Waals surface area contributed by atoms with Crippen LogP contribution in [0.4, 0.5) is 4.39 Å². The number of halogens is 1. The second-order valence-electron chi connectivity index (χ2n) is 5.67. The van der Waals surface area contributed by atoms with Crippen molar-refractivity contribution < 1.29 is 23.8 Å². The lowest BCUT2D eigenvalue weighted by Crippen LogP contribution is -2.32. The first-order valence-electron chi connectivity index (χ1n) is 8.24. The highest BCUT2D eigenvalue weighted by Gasteiger charge is 2.09. The van der Waals surface area contributed by atoms with Gasteiger partial charge in [-0.1, -0.05) is 12.1 Å². The van der Waals surface area contributed by atoms with Crippen molar-refractivity contribution in [1.29, 1.82) is 0 Å². The average molecular weight is 405 g/mol. The van der Waals surface area contributed by atoms with Crippen LogP contribution in [-0.4, -0.2) is 35.6 Å². The van der Waals surface area contributed by atoms with Gasteiger partial charge >= 0.3 is 5.97 Å². The highest BCUT2D eigenvalue weighted by molar-refractivity contribution is 7.80. The van der Waals surface area contributed by atoms with E-state index in [0.29, 0.717) is 28.9 Å². The molecule has 7 nitrogen and oxygen atoms in total. The normalized spacial score (nSPS) is 10.9. The Balaban J connectivity index is 1.95. The van der Waals surface area contributed by atoms with Gasteiger partial charge in [0.05, 0.1) is 12.8 Å². The Morgan fingerprint density at radius 3 is 2.57 bits per heavy atom. The average Bonchev–Trinajstić information content (AvgIpc) is 2.69. The second-order valence-corrected chi connectivity index (χ2v) is 6.07. The topological polar surface area (TPSA) is 92.2 Å². The van der Waals surface area contributed by atoms with Crippen LogP contribution in [0.5, 0.6) is 11.5 Å². The summed E-state index contributed by atoms with van der Waals surface area (Å²) < 4.78 is 23.3. The largest absolute Gasteiger partial charge is 0.493 e. The van der Waals surface area contributed by atoms with Crippen LogP contribution in [0.3, 0.4) is 0 Å². The summed E-state index contributed by atoms with van der Waals surface area (Å²) in [6.45, 7) is 1.75. The van der Waals surface area contributed by atoms with E-state index >= 15 is 0 Å². The molecule has 0 saturated carbocycles. The van der Waals surface area contributed by atoms with Gasteiger partial charge in [0.15, 0.2) is 23.2 Å². The maximum atomic E-state index is 12.9. The number of carbonyl (C=O) groups is 1. The molecule has 148 valence electrons. The third kappa shape index (κ3) is 6.51. The monoisotopic (exact) mass is 405 g/mol. The van der Waals surface area contributed by atoms with Crippen molar-refractivity contribution >= 4 is 29.0 Å². The van der Waals surface area contributed by atoms with Crippen LogP contribution in [-0.2, 0) is 11.3 Å². The van der Waals surface area contributed by atoms with Crippen molar-refractivity contribution in [3.05, 3.63) is 59.4 Å². The number of hydrogen-bond acceptors (Lipinski definition) is 5. The Kier molecular flexibility index (Phi) is 7.70. The zero-order valence-electron chi connectivity index (χ0n) is 15.4. The summed E-state index contributed by atoms with van der Waals surface area (Å²) >= 11 is 5.17. The van der Waals surface area contributed by atoms with Crippen LogP contribution in [0.2, 0.25) is 0 Å². The van der Waals surface area contributed by atoms with Gasteiger partial charge in [-0.05, 0) is 55.0 Å². The predicted octanol–water partition coefficient (Wildman–Crippen LogP) is 2.69. The van der Waals surface area contributed by atoms with Gasteiger partial charge in [0.2, 0.25) is 0 Å². The van der Waals surface area contributed by atoms with Crippen LogP contribution in [0.25, 0.3) is 0 Å². The second kappa shape index (κ2) is 10.2. The number of hydrogen-bond donors (Lipinski definition) is 3. The van der Waals surface area contributed by atoms with E-state index in [-0.39, 0.29) is 5.82 Å². The van der Waals surface area contributed by atoms with E-state index in [1.54, 1.807) is 37.3 Å². The third-order valence-electron chi connectivity index (χ3n) is 3.62. The first-order valence-corrected chi connectivity index (χ1v) is 8.65. The van der Waals surface area contributed by atoms with Gasteiger partial charge in [0.25, 0.3) is 0 Å². The summed E-state index contributed by atoms with van der Waals surface area (Å²) in [4.78, 5) is 10.6. The molecule has 2 rings (SSSR count). The quantitative estimate of drug-likeness (QED) is 0.353. The predicted molar refractivity (Wildman–Crippen MR) is 107 cm³/mol. The molecule has 0 aliphatic rings. The Bertz CT molecular complexity index is 872. The Morgan fingerprint density at radius 1 is 1.21 bits per heavy atom. The molecule has 0 aromatic heterocycles. The molecule has 2 aromatic carbocycles. The summed E-state index contributed by atoms with van der Waals surface area (Å²) in [7, 11) is 1.46. The number of thiocarbonyl (C=S) groups is 1. The first kappa shape index (κ1) is 21.1. The molecule has 0 unspecified atom stereocenters. The summed E-state index contributed by atoms with van der Waals surface area (Å²) in [5, 5.41) is 16.2. The lowest BCUT2D eigenvalue weighted by atomic mass is 10.1. The van der Waals surface area contributed by atoms with E-state index < -0.39 is 12.6 Å². The molecule has 0 fully saturated rings. The number of nitrogens with one attached hydrogen (secondary N) is 2. The van der Waals surface area contributed by atoms with Crippen molar-refractivity contribution in [3.63, 3.8) is 0 Å². The Hall–Kier alpha value is -3.20. The van der Waals surface area contributed by atoms with Gasteiger partial charge in [0.1, 0.15) is 5.82 Å². The van der Waals surface area contributed by atoms with Crippen LogP contribution < -0.4 is 20.2 Å². The number of ether oxygens (including phenoxy) is 2. The minimum Gasteiger partial charge on any atom is -0.493 e. The molecule has 0 heterocycles. The highest BCUT2D eigenvalue weighted by atomic mass is 32.1. The Labute approximate surface area is 167 Å². The first-order chi connectivity index (χ1) is 13.4. The van der Waals surface area contributed by atoms with Crippen molar-refractivity contribution in [2.24, 2.45) is 5.10 Å². The van der Waals surface area contributed by atoms with E-state index in [1.165, 1.54) is 19.2 Å². The summed E-state index contributed by atoms with van der Waals surface area (Å²) in [5.74, 6) is -0.648. The third-order valence-corrected chi connectivity index (χ3v) is 3.86. The fourth-order valence-electron chi connectivity index (χ4n) is 2.17. The lowest BCUT2D eigenvalue weighted by Gasteiger charge is -2.11. The maximum Gasteiger partial charge on any atom is 0.341 e. The van der Waals surface area contributed by atoms with E-state index in [9.17, 15) is 9.18 Å². The molecule has 0 spiro atoms. The number of nitrogens with zero attached hydrogens (tertiary/aromatic N) is 1. The number of hydrazone groups is 1. The number of aliphatic carboxylic acids is 1.